The van der Waals surface area contributed by atoms with Gasteiger partial charge < -0.3 is 23.7 Å². The maximum absolute atomic E-state index is 11.5. The number of rotatable bonds is 5. The van der Waals surface area contributed by atoms with Crippen LogP contribution in [0.15, 0.2) is 47.1 Å². The highest BCUT2D eigenvalue weighted by molar-refractivity contribution is 5.26. The van der Waals surface area contributed by atoms with Crippen LogP contribution in [0.1, 0.15) is 87.4 Å². The maximum atomic E-state index is 11.5. The van der Waals surface area contributed by atoms with Crippen LogP contribution in [0, 0.1) is 35.0 Å². The van der Waals surface area contributed by atoms with Gasteiger partial charge in [-0.3, -0.25) is 0 Å². The highest BCUT2D eigenvalue weighted by atomic mass is 16.7. The van der Waals surface area contributed by atoms with Crippen molar-refractivity contribution in [1.82, 2.24) is 0 Å². The van der Waals surface area contributed by atoms with E-state index in [2.05, 4.69) is 43.3 Å². The Bertz CT molecular complexity index is 1060. The summed E-state index contributed by atoms with van der Waals surface area (Å²) in [5.74, 6) is 4.51. The molecule has 1 N–H and O–H groups in total. The summed E-state index contributed by atoms with van der Waals surface area (Å²) in [6.45, 7) is 4.43. The number of ether oxygens (including phenoxy) is 3. The SMILES string of the molecule is C[C@]12CC[C@H]3[C@@H](CC[C@@H]4C[C@H](OCc5ccccc5)CC[C@@H]43)[C@@H]1[C@H](O)C[C@@H]2c1coc(C2OCCO2)c1. The monoisotopic (exact) mass is 506 g/mol. The number of hydrogen-bond acceptors (Lipinski definition) is 5. The quantitative estimate of drug-likeness (QED) is 0.494. The van der Waals surface area contributed by atoms with Crippen molar-refractivity contribution in [2.75, 3.05) is 13.2 Å². The molecule has 5 fully saturated rings. The summed E-state index contributed by atoms with van der Waals surface area (Å²) in [6.07, 6.45) is 11.3. The molecule has 5 heteroatoms. The van der Waals surface area contributed by atoms with E-state index in [9.17, 15) is 5.11 Å². The average Bonchev–Trinajstić information content (AvgIpc) is 3.67. The first-order valence-electron chi connectivity index (χ1n) is 14.8. The summed E-state index contributed by atoms with van der Waals surface area (Å²) < 4.78 is 23.6. The van der Waals surface area contributed by atoms with Gasteiger partial charge in [0, 0.05) is 0 Å². The molecular weight excluding hydrogens is 464 g/mol. The third-order valence-corrected chi connectivity index (χ3v) is 11.1. The molecule has 2 heterocycles. The Hall–Kier alpha value is -1.66. The molecule has 200 valence electrons. The lowest BCUT2D eigenvalue weighted by molar-refractivity contribution is -0.103. The topological polar surface area (TPSA) is 61.1 Å². The highest BCUT2D eigenvalue weighted by Crippen LogP contribution is 2.66. The molecule has 5 aliphatic rings. The molecule has 0 spiro atoms. The number of hydrogen-bond donors (Lipinski definition) is 1. The van der Waals surface area contributed by atoms with Gasteiger partial charge >= 0.3 is 0 Å². The summed E-state index contributed by atoms with van der Waals surface area (Å²) in [7, 11) is 0. The van der Waals surface area contributed by atoms with E-state index in [0.29, 0.717) is 37.1 Å². The van der Waals surface area contributed by atoms with Gasteiger partial charge in [-0.2, -0.15) is 0 Å². The van der Waals surface area contributed by atoms with Gasteiger partial charge in [0.2, 0.25) is 6.29 Å². The van der Waals surface area contributed by atoms with Gasteiger partial charge in [-0.15, -0.1) is 0 Å². The zero-order valence-corrected chi connectivity index (χ0v) is 22.1. The van der Waals surface area contributed by atoms with Crippen molar-refractivity contribution < 1.29 is 23.7 Å². The molecule has 2 aromatic rings. The first-order chi connectivity index (χ1) is 18.1. The fourth-order valence-corrected chi connectivity index (χ4v) is 9.53. The molecule has 1 aromatic heterocycles. The van der Waals surface area contributed by atoms with Crippen molar-refractivity contribution in [2.24, 2.45) is 35.0 Å². The van der Waals surface area contributed by atoms with E-state index in [0.717, 1.165) is 36.5 Å². The smallest absolute Gasteiger partial charge is 0.217 e. The van der Waals surface area contributed by atoms with Crippen molar-refractivity contribution in [1.29, 1.82) is 0 Å². The van der Waals surface area contributed by atoms with Crippen molar-refractivity contribution >= 4 is 0 Å². The normalized spacial score (nSPS) is 41.8. The van der Waals surface area contributed by atoms with E-state index in [1.807, 2.05) is 6.26 Å². The van der Waals surface area contributed by atoms with Gasteiger partial charge in [-0.25, -0.2) is 0 Å². The van der Waals surface area contributed by atoms with Crippen LogP contribution >= 0.6 is 0 Å². The van der Waals surface area contributed by atoms with E-state index in [1.54, 1.807) is 0 Å². The minimum absolute atomic E-state index is 0.127. The second kappa shape index (κ2) is 9.82. The van der Waals surface area contributed by atoms with Gasteiger partial charge in [0.25, 0.3) is 0 Å². The van der Waals surface area contributed by atoms with Gasteiger partial charge in [0.1, 0.15) is 0 Å². The minimum Gasteiger partial charge on any atom is -0.464 e. The molecule has 9 atom stereocenters. The van der Waals surface area contributed by atoms with Crippen molar-refractivity contribution in [3.05, 3.63) is 59.5 Å². The third kappa shape index (κ3) is 4.30. The summed E-state index contributed by atoms with van der Waals surface area (Å²) in [6, 6.07) is 12.7. The van der Waals surface area contributed by atoms with Crippen molar-refractivity contribution in [3.63, 3.8) is 0 Å². The zero-order chi connectivity index (χ0) is 25.0. The Balaban J connectivity index is 1.03. The first kappa shape index (κ1) is 24.4. The molecule has 1 aliphatic heterocycles. The highest BCUT2D eigenvalue weighted by Gasteiger charge is 2.60. The van der Waals surface area contributed by atoms with Crippen LogP contribution in [-0.4, -0.2) is 30.5 Å². The molecule has 0 radical (unpaired) electrons. The lowest BCUT2D eigenvalue weighted by Crippen LogP contribution is -2.50. The van der Waals surface area contributed by atoms with Crippen LogP contribution in [0.5, 0.6) is 0 Å². The van der Waals surface area contributed by atoms with Gasteiger partial charge in [0.05, 0.1) is 38.3 Å². The number of benzene rings is 1. The molecule has 0 bridgehead atoms. The van der Waals surface area contributed by atoms with E-state index in [4.69, 9.17) is 18.6 Å². The Morgan fingerprint density at radius 2 is 1.76 bits per heavy atom. The fraction of sp³-hybridized carbons (Fsp3) is 0.688. The lowest BCUT2D eigenvalue weighted by Gasteiger charge is -2.56. The predicted molar refractivity (Wildman–Crippen MR) is 140 cm³/mol. The summed E-state index contributed by atoms with van der Waals surface area (Å²) in [4.78, 5) is 0. The van der Waals surface area contributed by atoms with Crippen LogP contribution in [0.4, 0.5) is 0 Å². The van der Waals surface area contributed by atoms with Gasteiger partial charge in [0.15, 0.2) is 5.76 Å². The molecule has 1 saturated heterocycles. The second-order valence-electron chi connectivity index (χ2n) is 12.8. The predicted octanol–water partition coefficient (Wildman–Crippen LogP) is 6.62. The molecule has 0 amide bonds. The lowest BCUT2D eigenvalue weighted by atomic mass is 9.49. The van der Waals surface area contributed by atoms with Crippen LogP contribution < -0.4 is 0 Å². The van der Waals surface area contributed by atoms with Crippen LogP contribution in [0.2, 0.25) is 0 Å². The van der Waals surface area contributed by atoms with Crippen LogP contribution in [0.3, 0.4) is 0 Å². The molecule has 4 saturated carbocycles. The second-order valence-corrected chi connectivity index (χ2v) is 12.8. The molecule has 37 heavy (non-hydrogen) atoms. The standard InChI is InChI=1S/C32H42O5/c1-32-12-11-25-24-10-8-23(36-18-20-5-3-2-4-6-20)15-21(24)7-9-26(25)30(32)28(33)17-27(32)22-16-29(37-19-22)31-34-13-14-35-31/h2-6,16,19,21,23-28,30-31,33H,7-15,17-18H2,1H3/t21-,23-,24+,25-,26-,27-,28-,30-,32-/m1/s1. The van der Waals surface area contributed by atoms with E-state index in [-0.39, 0.29) is 17.8 Å². The largest absolute Gasteiger partial charge is 0.464 e. The maximum Gasteiger partial charge on any atom is 0.217 e. The number of aliphatic hydroxyl groups is 1. The third-order valence-electron chi connectivity index (χ3n) is 11.1. The fourth-order valence-electron chi connectivity index (χ4n) is 9.53. The minimum atomic E-state index is -0.374. The van der Waals surface area contributed by atoms with Crippen molar-refractivity contribution in [3.8, 4) is 0 Å². The summed E-state index contributed by atoms with van der Waals surface area (Å²) >= 11 is 0. The average molecular weight is 507 g/mol. The summed E-state index contributed by atoms with van der Waals surface area (Å²) in [5, 5.41) is 11.5. The van der Waals surface area contributed by atoms with E-state index < -0.39 is 0 Å². The Morgan fingerprint density at radius 3 is 2.59 bits per heavy atom. The van der Waals surface area contributed by atoms with Crippen LogP contribution in [-0.2, 0) is 20.8 Å². The molecule has 0 unspecified atom stereocenters. The van der Waals surface area contributed by atoms with E-state index in [1.165, 1.54) is 56.1 Å². The number of fused-ring (bicyclic) bond motifs is 5. The van der Waals surface area contributed by atoms with Gasteiger partial charge in [-0.1, -0.05) is 37.3 Å². The summed E-state index contributed by atoms with van der Waals surface area (Å²) in [5.41, 5.74) is 2.63. The molecule has 5 nitrogen and oxygen atoms in total. The number of furan rings is 1. The molecule has 4 aliphatic carbocycles. The van der Waals surface area contributed by atoms with Gasteiger partial charge in [-0.05, 0) is 109 Å². The van der Waals surface area contributed by atoms with Crippen LogP contribution in [0.25, 0.3) is 0 Å². The zero-order valence-electron chi connectivity index (χ0n) is 22.1. The Labute approximate surface area is 220 Å². The van der Waals surface area contributed by atoms with E-state index >= 15 is 0 Å². The molecular formula is C32H42O5. The Kier molecular flexibility index (Phi) is 6.47. The van der Waals surface area contributed by atoms with Crippen molar-refractivity contribution in [2.45, 2.75) is 89.3 Å². The molecule has 7 rings (SSSR count). The molecule has 1 aromatic carbocycles. The first-order valence-corrected chi connectivity index (χ1v) is 14.8. The number of aliphatic hydroxyl groups excluding tert-OH is 1. The Morgan fingerprint density at radius 1 is 0.946 bits per heavy atom.